The van der Waals surface area contributed by atoms with Gasteiger partial charge in [0.05, 0.1) is 5.69 Å². The molecule has 0 amide bonds. The number of aromatic amines is 2. The van der Waals surface area contributed by atoms with Gasteiger partial charge in [0, 0.05) is 22.7 Å². The molecule has 9 heteroatoms. The van der Waals surface area contributed by atoms with Crippen molar-refractivity contribution >= 4 is 28.6 Å². The molecule has 29 heavy (non-hydrogen) atoms. The molecule has 4 aromatic rings. The molecule has 0 aliphatic rings. The number of allylic oxidation sites excluding steroid dienone is 1. The van der Waals surface area contributed by atoms with E-state index in [1.165, 1.54) is 12.4 Å². The average Bonchev–Trinajstić information content (AvgIpc) is 3.31. The molecule has 0 aliphatic carbocycles. The molecule has 144 valence electrons. The summed E-state index contributed by atoms with van der Waals surface area (Å²) in [6, 6.07) is 8.65. The van der Waals surface area contributed by atoms with E-state index >= 15 is 0 Å². The van der Waals surface area contributed by atoms with Gasteiger partial charge in [-0.3, -0.25) is 5.10 Å². The summed E-state index contributed by atoms with van der Waals surface area (Å²) >= 11 is 0. The van der Waals surface area contributed by atoms with Crippen LogP contribution in [0.3, 0.4) is 0 Å². The summed E-state index contributed by atoms with van der Waals surface area (Å²) in [5, 5.41) is 19.9. The number of aryl methyl sites for hydroxylation is 1. The third kappa shape index (κ3) is 3.51. The van der Waals surface area contributed by atoms with Crippen molar-refractivity contribution in [3.8, 4) is 17.7 Å². The molecule has 0 spiro atoms. The number of anilines is 2. The summed E-state index contributed by atoms with van der Waals surface area (Å²) < 4.78 is 20.4. The van der Waals surface area contributed by atoms with E-state index in [0.29, 0.717) is 16.7 Å². The number of nitrogens with zero attached hydrogens (tertiary/aromatic N) is 4. The van der Waals surface area contributed by atoms with Crippen LogP contribution in [0.4, 0.5) is 16.0 Å². The summed E-state index contributed by atoms with van der Waals surface area (Å²) in [7, 11) is 0. The lowest BCUT2D eigenvalue weighted by molar-refractivity contribution is 0.428. The van der Waals surface area contributed by atoms with E-state index in [9.17, 15) is 9.65 Å². The Hall–Kier alpha value is -4.19. The molecule has 0 saturated heterocycles. The first-order valence-electron chi connectivity index (χ1n) is 8.75. The number of nitrogens with one attached hydrogen (secondary N) is 3. The topological polar surface area (TPSA) is 115 Å². The Labute approximate surface area is 165 Å². The van der Waals surface area contributed by atoms with Gasteiger partial charge in [-0.15, -0.1) is 0 Å². The minimum Gasteiger partial charge on any atom is -0.434 e. The normalized spacial score (nSPS) is 11.1. The Morgan fingerprint density at radius 2 is 2.14 bits per heavy atom. The fourth-order valence-corrected chi connectivity index (χ4v) is 2.90. The van der Waals surface area contributed by atoms with Crippen molar-refractivity contribution in [3.63, 3.8) is 0 Å². The highest BCUT2D eigenvalue weighted by Crippen LogP contribution is 2.32. The quantitative estimate of drug-likeness (QED) is 0.460. The predicted octanol–water partition coefficient (Wildman–Crippen LogP) is 4.57. The fraction of sp³-hybridized carbons (Fsp3) is 0.100. The number of aromatic nitrogens is 5. The largest absolute Gasteiger partial charge is 0.434 e. The van der Waals surface area contributed by atoms with Crippen LogP contribution in [-0.4, -0.2) is 25.1 Å². The van der Waals surface area contributed by atoms with Crippen molar-refractivity contribution in [2.24, 2.45) is 0 Å². The number of nitriles is 1. The number of halogens is 1. The Morgan fingerprint density at radius 1 is 1.28 bits per heavy atom. The average molecular weight is 389 g/mol. The van der Waals surface area contributed by atoms with Gasteiger partial charge >= 0.3 is 0 Å². The SMILES string of the molecule is C/C=C/c1cc(Nc2ncnc(Oc3ccc4[nH]c(C)cc4c3F)c2C#N)n[nH]1. The maximum absolute atomic E-state index is 14.8. The maximum Gasteiger partial charge on any atom is 0.242 e. The second-order valence-electron chi connectivity index (χ2n) is 6.24. The van der Waals surface area contributed by atoms with E-state index in [2.05, 4.69) is 30.5 Å². The molecule has 0 saturated carbocycles. The molecule has 3 aromatic heterocycles. The van der Waals surface area contributed by atoms with Gasteiger partial charge in [-0.2, -0.15) is 10.4 Å². The van der Waals surface area contributed by atoms with Crippen LogP contribution in [0.25, 0.3) is 17.0 Å². The first-order valence-corrected chi connectivity index (χ1v) is 8.75. The molecule has 3 N–H and O–H groups in total. The van der Waals surface area contributed by atoms with Crippen LogP contribution < -0.4 is 10.1 Å². The van der Waals surface area contributed by atoms with E-state index in [4.69, 9.17) is 4.74 Å². The van der Waals surface area contributed by atoms with Crippen LogP contribution in [0.15, 0.2) is 36.7 Å². The number of ether oxygens (including phenoxy) is 1. The highest BCUT2D eigenvalue weighted by molar-refractivity contribution is 5.83. The van der Waals surface area contributed by atoms with Crippen molar-refractivity contribution < 1.29 is 9.13 Å². The fourth-order valence-electron chi connectivity index (χ4n) is 2.90. The van der Waals surface area contributed by atoms with Crippen LogP contribution in [-0.2, 0) is 0 Å². The molecule has 0 radical (unpaired) electrons. The van der Waals surface area contributed by atoms with E-state index in [-0.39, 0.29) is 23.0 Å². The molecular formula is C20H16FN7O. The number of benzene rings is 1. The number of H-pyrrole nitrogens is 2. The molecule has 0 fully saturated rings. The first kappa shape index (κ1) is 18.2. The third-order valence-electron chi connectivity index (χ3n) is 4.16. The zero-order valence-electron chi connectivity index (χ0n) is 15.6. The molecular weight excluding hydrogens is 373 g/mol. The van der Waals surface area contributed by atoms with Crippen LogP contribution >= 0.6 is 0 Å². The van der Waals surface area contributed by atoms with Crippen molar-refractivity contribution in [2.45, 2.75) is 13.8 Å². The summed E-state index contributed by atoms with van der Waals surface area (Å²) in [5.41, 5.74) is 2.32. The zero-order chi connectivity index (χ0) is 20.4. The second kappa shape index (κ2) is 7.44. The van der Waals surface area contributed by atoms with Crippen LogP contribution in [0, 0.1) is 24.1 Å². The highest BCUT2D eigenvalue weighted by Gasteiger charge is 2.18. The van der Waals surface area contributed by atoms with Crippen molar-refractivity contribution in [1.29, 1.82) is 5.26 Å². The molecule has 0 atom stereocenters. The Bertz CT molecular complexity index is 1270. The van der Waals surface area contributed by atoms with E-state index in [1.54, 1.807) is 18.2 Å². The first-order chi connectivity index (χ1) is 14.1. The Balaban J connectivity index is 1.67. The van der Waals surface area contributed by atoms with Gasteiger partial charge in [0.25, 0.3) is 0 Å². The Kier molecular flexibility index (Phi) is 4.66. The van der Waals surface area contributed by atoms with E-state index < -0.39 is 5.82 Å². The molecule has 1 aromatic carbocycles. The van der Waals surface area contributed by atoms with E-state index in [0.717, 1.165) is 11.4 Å². The number of hydrogen-bond acceptors (Lipinski definition) is 6. The number of fused-ring (bicyclic) bond motifs is 1. The summed E-state index contributed by atoms with van der Waals surface area (Å²) in [5.74, 6) is 0.0457. The summed E-state index contributed by atoms with van der Waals surface area (Å²) in [6.07, 6.45) is 4.94. The van der Waals surface area contributed by atoms with Gasteiger partial charge in [-0.05, 0) is 38.1 Å². The number of rotatable bonds is 5. The second-order valence-corrected chi connectivity index (χ2v) is 6.24. The molecule has 0 unspecified atom stereocenters. The number of hydrogen-bond donors (Lipinski definition) is 3. The van der Waals surface area contributed by atoms with Gasteiger partial charge in [0.1, 0.15) is 12.4 Å². The lowest BCUT2D eigenvalue weighted by Gasteiger charge is -2.10. The molecule has 0 aliphatic heterocycles. The third-order valence-corrected chi connectivity index (χ3v) is 4.16. The maximum atomic E-state index is 14.8. The summed E-state index contributed by atoms with van der Waals surface area (Å²) in [4.78, 5) is 11.1. The van der Waals surface area contributed by atoms with Gasteiger partial charge in [-0.1, -0.05) is 6.08 Å². The van der Waals surface area contributed by atoms with Crippen molar-refractivity contribution in [3.05, 3.63) is 59.4 Å². The van der Waals surface area contributed by atoms with Gasteiger partial charge < -0.3 is 15.0 Å². The molecule has 8 nitrogen and oxygen atoms in total. The van der Waals surface area contributed by atoms with Crippen LogP contribution in [0.2, 0.25) is 0 Å². The van der Waals surface area contributed by atoms with Gasteiger partial charge in [-0.25, -0.2) is 14.4 Å². The monoisotopic (exact) mass is 389 g/mol. The van der Waals surface area contributed by atoms with Crippen molar-refractivity contribution in [1.82, 2.24) is 25.1 Å². The lowest BCUT2D eigenvalue weighted by Crippen LogP contribution is -2.02. The minimum atomic E-state index is -0.535. The van der Waals surface area contributed by atoms with Crippen LogP contribution in [0.1, 0.15) is 23.9 Å². The predicted molar refractivity (Wildman–Crippen MR) is 106 cm³/mol. The van der Waals surface area contributed by atoms with Gasteiger partial charge in [0.15, 0.2) is 28.8 Å². The smallest absolute Gasteiger partial charge is 0.242 e. The lowest BCUT2D eigenvalue weighted by atomic mass is 10.2. The minimum absolute atomic E-state index is 0.0345. The zero-order valence-corrected chi connectivity index (χ0v) is 15.6. The molecule has 0 bridgehead atoms. The van der Waals surface area contributed by atoms with Crippen molar-refractivity contribution in [2.75, 3.05) is 5.32 Å². The highest BCUT2D eigenvalue weighted by atomic mass is 19.1. The molecule has 4 rings (SSSR count). The van der Waals surface area contributed by atoms with E-state index in [1.807, 2.05) is 32.1 Å². The summed E-state index contributed by atoms with van der Waals surface area (Å²) in [6.45, 7) is 3.73. The molecule has 3 heterocycles. The standard InChI is InChI=1S/C20H16FN7O/c1-3-4-12-8-17(28-27-12)26-19-14(9-22)20(24-10-23-19)29-16-6-5-15-13(18(16)21)7-11(2)25-15/h3-8,10,25H,1-2H3,(H2,23,24,26,27,28)/b4-3+. The van der Waals surface area contributed by atoms with Gasteiger partial charge in [0.2, 0.25) is 5.88 Å². The Morgan fingerprint density at radius 3 is 2.93 bits per heavy atom. The van der Waals surface area contributed by atoms with Crippen LogP contribution in [0.5, 0.6) is 11.6 Å².